The Morgan fingerprint density at radius 3 is 2.00 bits per heavy atom. The number of nitrogens with zero attached hydrogens (tertiary/aromatic N) is 2. The normalized spacial score (nSPS) is 12.7. The highest BCUT2D eigenvalue weighted by atomic mass is 31.2. The molecule has 2 aromatic carbocycles. The summed E-state index contributed by atoms with van der Waals surface area (Å²) in [5.41, 5.74) is -0.500. The van der Waals surface area contributed by atoms with Crippen molar-refractivity contribution < 1.29 is 37.8 Å². The molecule has 14 heteroatoms. The highest BCUT2D eigenvalue weighted by Gasteiger charge is 2.27. The monoisotopic (exact) mass is 537 g/mol. The number of non-ortho nitro benzene ring substituents is 2. The molecular formula is C23H28N3O10P. The molecule has 0 heterocycles. The maximum atomic E-state index is 13.5. The molecule has 1 amide bonds. The van der Waals surface area contributed by atoms with Crippen LogP contribution in [0.3, 0.4) is 0 Å². The second-order valence-corrected chi connectivity index (χ2v) is 11.0. The summed E-state index contributed by atoms with van der Waals surface area (Å²) in [5.74, 6) is -1.01. The average molecular weight is 537 g/mol. The second kappa shape index (κ2) is 12.9. The molecule has 0 fully saturated rings. The molecule has 0 aliphatic rings. The molecule has 0 aliphatic carbocycles. The van der Waals surface area contributed by atoms with Crippen LogP contribution in [-0.2, 0) is 30.0 Å². The van der Waals surface area contributed by atoms with Gasteiger partial charge in [0.1, 0.15) is 17.9 Å². The fourth-order valence-corrected chi connectivity index (χ4v) is 4.49. The highest BCUT2D eigenvalue weighted by Crippen LogP contribution is 2.50. The van der Waals surface area contributed by atoms with Gasteiger partial charge in [-0.2, -0.15) is 0 Å². The summed E-state index contributed by atoms with van der Waals surface area (Å²) in [7, 11) is -3.87. The van der Waals surface area contributed by atoms with Crippen molar-refractivity contribution in [1.29, 1.82) is 0 Å². The maximum Gasteiger partial charge on any atom is 0.379 e. The van der Waals surface area contributed by atoms with Gasteiger partial charge in [-0.05, 0) is 57.0 Å². The van der Waals surface area contributed by atoms with Gasteiger partial charge in [-0.15, -0.1) is 0 Å². The van der Waals surface area contributed by atoms with Gasteiger partial charge in [0, 0.05) is 30.7 Å². The lowest BCUT2D eigenvalue weighted by Gasteiger charge is -2.20. The molecule has 200 valence electrons. The van der Waals surface area contributed by atoms with Crippen LogP contribution in [0, 0.1) is 20.2 Å². The first kappa shape index (κ1) is 29.4. The van der Waals surface area contributed by atoms with Crippen LogP contribution in [0.2, 0.25) is 0 Å². The highest BCUT2D eigenvalue weighted by molar-refractivity contribution is 7.54. The predicted molar refractivity (Wildman–Crippen MR) is 132 cm³/mol. The molecule has 0 bridgehead atoms. The number of amides is 1. The van der Waals surface area contributed by atoms with E-state index in [1.807, 2.05) is 0 Å². The van der Waals surface area contributed by atoms with E-state index in [-0.39, 0.29) is 49.3 Å². The fraction of sp³-hybridized carbons (Fsp3) is 0.391. The van der Waals surface area contributed by atoms with Crippen molar-refractivity contribution in [2.24, 2.45) is 0 Å². The maximum absolute atomic E-state index is 13.5. The SMILES string of the molecule is CC(C)(C)OC(=O)CNC(=O)CCCP(=O)(OCc1ccc([N+](=O)[O-])cc1)Oc1ccc([N+](=O)[O-])cc1. The third kappa shape index (κ3) is 10.8. The minimum atomic E-state index is -3.87. The number of carbonyl (C=O) groups excluding carboxylic acids is 2. The van der Waals surface area contributed by atoms with Crippen LogP contribution in [0.25, 0.3) is 0 Å². The van der Waals surface area contributed by atoms with Crippen LogP contribution < -0.4 is 9.84 Å². The number of benzene rings is 2. The van der Waals surface area contributed by atoms with Gasteiger partial charge in [0.15, 0.2) is 0 Å². The van der Waals surface area contributed by atoms with E-state index in [2.05, 4.69) is 5.32 Å². The molecule has 13 nitrogen and oxygen atoms in total. The van der Waals surface area contributed by atoms with E-state index < -0.39 is 34.9 Å². The molecule has 2 aromatic rings. The van der Waals surface area contributed by atoms with Crippen molar-refractivity contribution in [2.45, 2.75) is 45.8 Å². The summed E-state index contributed by atoms with van der Waals surface area (Å²) >= 11 is 0. The molecule has 1 N–H and O–H groups in total. The lowest BCUT2D eigenvalue weighted by molar-refractivity contribution is -0.385. The lowest BCUT2D eigenvalue weighted by Crippen LogP contribution is -2.34. The number of hydrogen-bond acceptors (Lipinski definition) is 10. The Hall–Kier alpha value is -3.83. The van der Waals surface area contributed by atoms with Crippen molar-refractivity contribution in [1.82, 2.24) is 5.32 Å². The second-order valence-electron chi connectivity index (χ2n) is 8.84. The van der Waals surface area contributed by atoms with Gasteiger partial charge in [0.05, 0.1) is 22.6 Å². The Morgan fingerprint density at radius 2 is 1.49 bits per heavy atom. The number of hydrogen-bond donors (Lipinski definition) is 1. The number of carbonyl (C=O) groups is 2. The third-order valence-corrected chi connectivity index (χ3v) is 6.43. The molecule has 0 radical (unpaired) electrons. The molecular weight excluding hydrogens is 509 g/mol. The van der Waals surface area contributed by atoms with Crippen molar-refractivity contribution >= 4 is 30.8 Å². The van der Waals surface area contributed by atoms with Crippen molar-refractivity contribution in [2.75, 3.05) is 12.7 Å². The summed E-state index contributed by atoms with van der Waals surface area (Å²) in [6.45, 7) is 4.58. The van der Waals surface area contributed by atoms with E-state index in [1.165, 1.54) is 48.5 Å². The van der Waals surface area contributed by atoms with Crippen LogP contribution in [0.5, 0.6) is 5.75 Å². The average Bonchev–Trinajstić information content (AvgIpc) is 2.81. The van der Waals surface area contributed by atoms with Gasteiger partial charge < -0.3 is 14.6 Å². The number of esters is 1. The van der Waals surface area contributed by atoms with E-state index in [0.717, 1.165) is 0 Å². The molecule has 0 saturated carbocycles. The molecule has 2 rings (SSSR count). The first-order valence-corrected chi connectivity index (χ1v) is 12.9. The molecule has 0 saturated heterocycles. The van der Waals surface area contributed by atoms with E-state index in [4.69, 9.17) is 13.8 Å². The van der Waals surface area contributed by atoms with Crippen LogP contribution >= 0.6 is 7.60 Å². The lowest BCUT2D eigenvalue weighted by atomic mass is 10.2. The van der Waals surface area contributed by atoms with E-state index in [1.54, 1.807) is 20.8 Å². The number of nitrogens with one attached hydrogen (secondary N) is 1. The quantitative estimate of drug-likeness (QED) is 0.165. The van der Waals surface area contributed by atoms with Crippen LogP contribution in [0.4, 0.5) is 11.4 Å². The Kier molecular flexibility index (Phi) is 10.3. The smallest absolute Gasteiger partial charge is 0.379 e. The Morgan fingerprint density at radius 1 is 0.946 bits per heavy atom. The molecule has 1 unspecified atom stereocenters. The number of ether oxygens (including phenoxy) is 1. The number of nitro groups is 2. The fourth-order valence-electron chi connectivity index (χ4n) is 2.88. The van der Waals surface area contributed by atoms with Gasteiger partial charge in [-0.1, -0.05) is 0 Å². The summed E-state index contributed by atoms with van der Waals surface area (Å²) in [4.78, 5) is 44.4. The molecule has 1 atom stereocenters. The van der Waals surface area contributed by atoms with Gasteiger partial charge in [0.2, 0.25) is 5.91 Å². The standard InChI is InChI=1S/C23H28N3O10P/c1-23(2,3)35-22(28)15-24-21(27)5-4-14-37(33,36-20-12-10-19(11-13-20)26(31)32)34-16-17-6-8-18(9-7-17)25(29)30/h6-13H,4-5,14-16H2,1-3H3,(H,24,27). The van der Waals surface area contributed by atoms with E-state index in [0.29, 0.717) is 5.56 Å². The van der Waals surface area contributed by atoms with E-state index >= 15 is 0 Å². The molecule has 37 heavy (non-hydrogen) atoms. The van der Waals surface area contributed by atoms with Crippen molar-refractivity contribution in [3.63, 3.8) is 0 Å². The van der Waals surface area contributed by atoms with Crippen LogP contribution in [0.1, 0.15) is 39.2 Å². The minimum Gasteiger partial charge on any atom is -0.459 e. The van der Waals surface area contributed by atoms with E-state index in [9.17, 15) is 34.4 Å². The van der Waals surface area contributed by atoms with Crippen LogP contribution in [0.15, 0.2) is 48.5 Å². The van der Waals surface area contributed by atoms with Crippen molar-refractivity contribution in [3.8, 4) is 5.75 Å². The first-order valence-electron chi connectivity index (χ1n) is 11.2. The van der Waals surface area contributed by atoms with Gasteiger partial charge in [0.25, 0.3) is 11.4 Å². The van der Waals surface area contributed by atoms with Gasteiger partial charge in [-0.25, -0.2) is 4.57 Å². The molecule has 0 spiro atoms. The predicted octanol–water partition coefficient (Wildman–Crippen LogP) is 4.53. The Balaban J connectivity index is 2.01. The minimum absolute atomic E-state index is 0.0620. The third-order valence-electron chi connectivity index (χ3n) is 4.55. The number of nitro benzene ring substituents is 2. The topological polar surface area (TPSA) is 177 Å². The van der Waals surface area contributed by atoms with Gasteiger partial charge in [-0.3, -0.25) is 34.3 Å². The zero-order chi connectivity index (χ0) is 27.6. The molecule has 0 aliphatic heterocycles. The summed E-state index contributed by atoms with van der Waals surface area (Å²) in [6.07, 6.45) is -0.196. The largest absolute Gasteiger partial charge is 0.459 e. The molecule has 0 aromatic heterocycles. The number of rotatable bonds is 13. The van der Waals surface area contributed by atoms with Crippen LogP contribution in [-0.4, -0.2) is 40.0 Å². The summed E-state index contributed by atoms with van der Waals surface area (Å²) < 4.78 is 29.7. The van der Waals surface area contributed by atoms with Gasteiger partial charge >= 0.3 is 13.6 Å². The Bertz CT molecular complexity index is 1160. The zero-order valence-corrected chi connectivity index (χ0v) is 21.5. The van der Waals surface area contributed by atoms with Crippen molar-refractivity contribution in [3.05, 3.63) is 74.3 Å². The summed E-state index contributed by atoms with van der Waals surface area (Å²) in [5, 5.41) is 24.1. The Labute approximate surface area is 212 Å². The first-order chi connectivity index (χ1) is 17.3. The zero-order valence-electron chi connectivity index (χ0n) is 20.6. The summed E-state index contributed by atoms with van der Waals surface area (Å²) in [6, 6.07) is 10.3.